The Morgan fingerprint density at radius 1 is 1.30 bits per heavy atom. The Morgan fingerprint density at radius 2 is 1.95 bits per heavy atom. The standard InChI is InChI=1S/C15H21BrN2O2/c1-15(2,3)20-14(19)12-5-4-11(16)10-13(12)18-8-6-17-7-9-18/h4-5,10,17H,6-9H2,1-3H3. The minimum Gasteiger partial charge on any atom is -0.456 e. The monoisotopic (exact) mass is 340 g/mol. The Morgan fingerprint density at radius 3 is 2.55 bits per heavy atom. The number of anilines is 1. The molecule has 1 heterocycles. The van der Waals surface area contributed by atoms with Gasteiger partial charge in [0.1, 0.15) is 5.60 Å². The van der Waals surface area contributed by atoms with Crippen LogP contribution in [0, 0.1) is 0 Å². The van der Waals surface area contributed by atoms with Crippen LogP contribution in [0.4, 0.5) is 5.69 Å². The van der Waals surface area contributed by atoms with Gasteiger partial charge in [-0.3, -0.25) is 0 Å². The SMILES string of the molecule is CC(C)(C)OC(=O)c1ccc(Br)cc1N1CCNCC1. The van der Waals surface area contributed by atoms with Gasteiger partial charge in [0, 0.05) is 30.7 Å². The van der Waals surface area contributed by atoms with Crippen LogP contribution >= 0.6 is 15.9 Å². The molecule has 20 heavy (non-hydrogen) atoms. The molecule has 0 aliphatic carbocycles. The summed E-state index contributed by atoms with van der Waals surface area (Å²) in [6.07, 6.45) is 0. The molecule has 110 valence electrons. The Balaban J connectivity index is 2.30. The fourth-order valence-corrected chi connectivity index (χ4v) is 2.53. The lowest BCUT2D eigenvalue weighted by atomic mass is 10.1. The molecule has 1 aromatic rings. The molecule has 1 aliphatic heterocycles. The quantitative estimate of drug-likeness (QED) is 0.840. The number of ether oxygens (including phenoxy) is 1. The summed E-state index contributed by atoms with van der Waals surface area (Å²) in [6, 6.07) is 5.70. The first-order valence-corrected chi connectivity index (χ1v) is 7.65. The zero-order valence-electron chi connectivity index (χ0n) is 12.2. The van der Waals surface area contributed by atoms with Gasteiger partial charge in [-0.2, -0.15) is 0 Å². The van der Waals surface area contributed by atoms with Gasteiger partial charge in [0.2, 0.25) is 0 Å². The molecule has 0 amide bonds. The minimum atomic E-state index is -0.481. The number of benzene rings is 1. The highest BCUT2D eigenvalue weighted by atomic mass is 79.9. The largest absolute Gasteiger partial charge is 0.456 e. The van der Waals surface area contributed by atoms with Crippen LogP contribution in [-0.4, -0.2) is 37.7 Å². The Labute approximate surface area is 128 Å². The predicted octanol–water partition coefficient (Wildman–Crippen LogP) is 2.81. The number of esters is 1. The molecule has 0 radical (unpaired) electrons. The lowest BCUT2D eigenvalue weighted by Gasteiger charge is -2.31. The van der Waals surface area contributed by atoms with Crippen LogP contribution in [0.3, 0.4) is 0 Å². The highest BCUT2D eigenvalue weighted by molar-refractivity contribution is 9.10. The van der Waals surface area contributed by atoms with E-state index in [1.807, 2.05) is 39.0 Å². The molecule has 1 aliphatic rings. The molecule has 1 fully saturated rings. The van der Waals surface area contributed by atoms with E-state index in [0.717, 1.165) is 36.3 Å². The Bertz CT molecular complexity index is 491. The predicted molar refractivity (Wildman–Crippen MR) is 84.4 cm³/mol. The summed E-state index contributed by atoms with van der Waals surface area (Å²) in [7, 11) is 0. The normalized spacial score (nSPS) is 16.1. The molecule has 0 saturated carbocycles. The molecule has 2 rings (SSSR count). The molecule has 5 heteroatoms. The average molecular weight is 341 g/mol. The summed E-state index contributed by atoms with van der Waals surface area (Å²) >= 11 is 3.48. The van der Waals surface area contributed by atoms with E-state index in [0.29, 0.717) is 5.56 Å². The summed E-state index contributed by atoms with van der Waals surface area (Å²) in [5.74, 6) is -0.265. The van der Waals surface area contributed by atoms with Gasteiger partial charge in [-0.1, -0.05) is 15.9 Å². The van der Waals surface area contributed by atoms with Gasteiger partial charge in [-0.25, -0.2) is 4.79 Å². The van der Waals surface area contributed by atoms with Gasteiger partial charge < -0.3 is 15.0 Å². The molecule has 0 aromatic heterocycles. The number of rotatable bonds is 2. The first-order chi connectivity index (χ1) is 9.37. The van der Waals surface area contributed by atoms with E-state index in [1.54, 1.807) is 0 Å². The maximum Gasteiger partial charge on any atom is 0.340 e. The van der Waals surface area contributed by atoms with E-state index in [-0.39, 0.29) is 5.97 Å². The topological polar surface area (TPSA) is 41.6 Å². The van der Waals surface area contributed by atoms with Crippen LogP contribution in [-0.2, 0) is 4.74 Å². The second-order valence-electron chi connectivity index (χ2n) is 5.90. The van der Waals surface area contributed by atoms with Crippen molar-refractivity contribution in [3.63, 3.8) is 0 Å². The van der Waals surface area contributed by atoms with Crippen molar-refractivity contribution in [3.8, 4) is 0 Å². The van der Waals surface area contributed by atoms with Crippen molar-refractivity contribution >= 4 is 27.6 Å². The van der Waals surface area contributed by atoms with Crippen LogP contribution in [0.5, 0.6) is 0 Å². The second-order valence-corrected chi connectivity index (χ2v) is 6.82. The van der Waals surface area contributed by atoms with Gasteiger partial charge >= 0.3 is 5.97 Å². The van der Waals surface area contributed by atoms with Gasteiger partial charge in [0.25, 0.3) is 0 Å². The zero-order chi connectivity index (χ0) is 14.8. The fourth-order valence-electron chi connectivity index (χ4n) is 2.18. The molecule has 0 unspecified atom stereocenters. The lowest BCUT2D eigenvalue weighted by Crippen LogP contribution is -2.44. The molecule has 0 bridgehead atoms. The number of nitrogens with one attached hydrogen (secondary N) is 1. The number of hydrogen-bond acceptors (Lipinski definition) is 4. The van der Waals surface area contributed by atoms with Crippen molar-refractivity contribution in [2.45, 2.75) is 26.4 Å². The number of carbonyl (C=O) groups is 1. The number of nitrogens with zero attached hydrogens (tertiary/aromatic N) is 1. The first-order valence-electron chi connectivity index (χ1n) is 6.85. The smallest absolute Gasteiger partial charge is 0.340 e. The van der Waals surface area contributed by atoms with Crippen LogP contribution in [0.25, 0.3) is 0 Å². The number of carbonyl (C=O) groups excluding carboxylic acids is 1. The first kappa shape index (κ1) is 15.3. The lowest BCUT2D eigenvalue weighted by molar-refractivity contribution is 0.00702. The van der Waals surface area contributed by atoms with E-state index in [2.05, 4.69) is 26.1 Å². The number of halogens is 1. The van der Waals surface area contributed by atoms with Crippen molar-refractivity contribution in [1.29, 1.82) is 0 Å². The molecule has 0 spiro atoms. The maximum absolute atomic E-state index is 12.4. The third-order valence-corrected chi connectivity index (χ3v) is 3.53. The van der Waals surface area contributed by atoms with Gasteiger partial charge in [-0.15, -0.1) is 0 Å². The Hall–Kier alpha value is -1.07. The van der Waals surface area contributed by atoms with E-state index >= 15 is 0 Å². The van der Waals surface area contributed by atoms with Crippen LogP contribution in [0.1, 0.15) is 31.1 Å². The summed E-state index contributed by atoms with van der Waals surface area (Å²) < 4.78 is 6.47. The van der Waals surface area contributed by atoms with Gasteiger partial charge in [-0.05, 0) is 39.0 Å². The van der Waals surface area contributed by atoms with Crippen LogP contribution in [0.15, 0.2) is 22.7 Å². The van der Waals surface area contributed by atoms with Crippen molar-refractivity contribution in [2.75, 3.05) is 31.1 Å². The highest BCUT2D eigenvalue weighted by Gasteiger charge is 2.23. The van der Waals surface area contributed by atoms with Crippen molar-refractivity contribution in [3.05, 3.63) is 28.2 Å². The van der Waals surface area contributed by atoms with Crippen molar-refractivity contribution in [2.24, 2.45) is 0 Å². The summed E-state index contributed by atoms with van der Waals surface area (Å²) in [5, 5.41) is 3.32. The minimum absolute atomic E-state index is 0.265. The summed E-state index contributed by atoms with van der Waals surface area (Å²) in [4.78, 5) is 14.6. The summed E-state index contributed by atoms with van der Waals surface area (Å²) in [6.45, 7) is 9.30. The van der Waals surface area contributed by atoms with Crippen molar-refractivity contribution < 1.29 is 9.53 Å². The molecule has 1 N–H and O–H groups in total. The van der Waals surface area contributed by atoms with Crippen molar-refractivity contribution in [1.82, 2.24) is 5.32 Å². The molecule has 4 nitrogen and oxygen atoms in total. The van der Waals surface area contributed by atoms with Gasteiger partial charge in [0.15, 0.2) is 0 Å². The van der Waals surface area contributed by atoms with E-state index in [1.165, 1.54) is 0 Å². The molecule has 1 saturated heterocycles. The van der Waals surface area contributed by atoms with Crippen LogP contribution < -0.4 is 10.2 Å². The fraction of sp³-hybridized carbons (Fsp3) is 0.533. The molecular formula is C15H21BrN2O2. The van der Waals surface area contributed by atoms with E-state index in [9.17, 15) is 4.79 Å². The zero-order valence-corrected chi connectivity index (χ0v) is 13.8. The van der Waals surface area contributed by atoms with E-state index < -0.39 is 5.60 Å². The van der Waals surface area contributed by atoms with E-state index in [4.69, 9.17) is 4.74 Å². The third-order valence-electron chi connectivity index (χ3n) is 3.04. The molecular weight excluding hydrogens is 320 g/mol. The Kier molecular flexibility index (Phi) is 4.70. The third kappa shape index (κ3) is 3.96. The summed E-state index contributed by atoms with van der Waals surface area (Å²) in [5.41, 5.74) is 1.09. The second kappa shape index (κ2) is 6.14. The van der Waals surface area contributed by atoms with Crippen LogP contribution in [0.2, 0.25) is 0 Å². The van der Waals surface area contributed by atoms with Gasteiger partial charge in [0.05, 0.1) is 11.3 Å². The highest BCUT2D eigenvalue weighted by Crippen LogP contribution is 2.27. The number of piperazine rings is 1. The maximum atomic E-state index is 12.4. The molecule has 0 atom stereocenters. The number of hydrogen-bond donors (Lipinski definition) is 1. The average Bonchev–Trinajstić information content (AvgIpc) is 2.37. The molecule has 1 aromatic carbocycles.